The first-order chi connectivity index (χ1) is 9.76. The zero-order chi connectivity index (χ0) is 15.6. The van der Waals surface area contributed by atoms with Gasteiger partial charge in [-0.25, -0.2) is 9.18 Å². The van der Waals surface area contributed by atoms with E-state index in [4.69, 9.17) is 4.74 Å². The van der Waals surface area contributed by atoms with Crippen LogP contribution >= 0.6 is 0 Å². The van der Waals surface area contributed by atoms with Crippen LogP contribution < -0.4 is 0 Å². The Bertz CT molecular complexity index is 495. The average Bonchev–Trinajstić information content (AvgIpc) is 2.37. The SMILES string of the molecule is CC(C)(C)OC(=O)N1CCC(O)C[C@@H]1c1ccc(F)cc1. The van der Waals surface area contributed by atoms with E-state index < -0.39 is 17.8 Å². The molecule has 1 aromatic carbocycles. The summed E-state index contributed by atoms with van der Waals surface area (Å²) in [5, 5.41) is 9.87. The predicted molar refractivity (Wildman–Crippen MR) is 77.3 cm³/mol. The Balaban J connectivity index is 2.21. The third kappa shape index (κ3) is 4.17. The van der Waals surface area contributed by atoms with E-state index in [-0.39, 0.29) is 11.9 Å². The highest BCUT2D eigenvalue weighted by atomic mass is 19.1. The predicted octanol–water partition coefficient (Wildman–Crippen LogP) is 3.26. The lowest BCUT2D eigenvalue weighted by Crippen LogP contribution is -2.44. The molecule has 5 heteroatoms. The number of amides is 1. The molecule has 1 amide bonds. The minimum Gasteiger partial charge on any atom is -0.444 e. The zero-order valence-corrected chi connectivity index (χ0v) is 12.7. The van der Waals surface area contributed by atoms with E-state index in [1.165, 1.54) is 12.1 Å². The van der Waals surface area contributed by atoms with Gasteiger partial charge in [-0.05, 0) is 51.3 Å². The van der Waals surface area contributed by atoms with Gasteiger partial charge in [-0.1, -0.05) is 12.1 Å². The van der Waals surface area contributed by atoms with Gasteiger partial charge in [-0.3, -0.25) is 0 Å². The van der Waals surface area contributed by atoms with Crippen molar-refractivity contribution >= 4 is 6.09 Å². The van der Waals surface area contributed by atoms with E-state index in [2.05, 4.69) is 0 Å². The molecular formula is C16H22FNO3. The molecule has 0 saturated carbocycles. The summed E-state index contributed by atoms with van der Waals surface area (Å²) < 4.78 is 18.5. The maximum Gasteiger partial charge on any atom is 0.410 e. The van der Waals surface area contributed by atoms with Crippen LogP contribution in [-0.4, -0.2) is 34.3 Å². The summed E-state index contributed by atoms with van der Waals surface area (Å²) in [5.74, 6) is -0.320. The van der Waals surface area contributed by atoms with Crippen LogP contribution in [-0.2, 0) is 4.74 Å². The minimum absolute atomic E-state index is 0.288. The van der Waals surface area contributed by atoms with Crippen molar-refractivity contribution in [2.45, 2.75) is 51.4 Å². The van der Waals surface area contributed by atoms with Crippen molar-refractivity contribution in [1.82, 2.24) is 4.90 Å². The van der Waals surface area contributed by atoms with Crippen LogP contribution in [0.4, 0.5) is 9.18 Å². The molecule has 1 fully saturated rings. The van der Waals surface area contributed by atoms with Crippen LogP contribution in [0.5, 0.6) is 0 Å². The van der Waals surface area contributed by atoms with Crippen LogP contribution in [0.15, 0.2) is 24.3 Å². The quantitative estimate of drug-likeness (QED) is 0.865. The van der Waals surface area contributed by atoms with Gasteiger partial charge in [0.25, 0.3) is 0 Å². The number of aliphatic hydroxyl groups excluding tert-OH is 1. The molecule has 4 nitrogen and oxygen atoms in total. The number of ether oxygens (including phenoxy) is 1. The van der Waals surface area contributed by atoms with E-state index >= 15 is 0 Å². The van der Waals surface area contributed by atoms with Gasteiger partial charge in [0.1, 0.15) is 11.4 Å². The number of piperidine rings is 1. The van der Waals surface area contributed by atoms with Gasteiger partial charge in [-0.15, -0.1) is 0 Å². The molecule has 1 unspecified atom stereocenters. The highest BCUT2D eigenvalue weighted by molar-refractivity contribution is 5.69. The second-order valence-electron chi connectivity index (χ2n) is 6.42. The van der Waals surface area contributed by atoms with E-state index in [1.54, 1.807) is 17.0 Å². The number of halogens is 1. The average molecular weight is 295 g/mol. The maximum absolute atomic E-state index is 13.1. The summed E-state index contributed by atoms with van der Waals surface area (Å²) >= 11 is 0. The number of nitrogens with zero attached hydrogens (tertiary/aromatic N) is 1. The lowest BCUT2D eigenvalue weighted by molar-refractivity contribution is -0.00843. The molecule has 2 rings (SSSR count). The van der Waals surface area contributed by atoms with Gasteiger partial charge in [0.05, 0.1) is 12.1 Å². The van der Waals surface area contributed by atoms with Gasteiger partial charge in [0.2, 0.25) is 0 Å². The largest absolute Gasteiger partial charge is 0.444 e. The molecule has 1 aliphatic rings. The van der Waals surface area contributed by atoms with Crippen molar-refractivity contribution in [2.75, 3.05) is 6.54 Å². The Kier molecular flexibility index (Phi) is 4.52. The minimum atomic E-state index is -0.569. The molecule has 0 radical (unpaired) electrons. The fourth-order valence-electron chi connectivity index (χ4n) is 2.49. The first kappa shape index (κ1) is 15.8. The molecule has 2 atom stereocenters. The van der Waals surface area contributed by atoms with E-state index in [0.29, 0.717) is 19.4 Å². The van der Waals surface area contributed by atoms with E-state index in [0.717, 1.165) is 5.56 Å². The second kappa shape index (κ2) is 6.02. The zero-order valence-electron chi connectivity index (χ0n) is 12.7. The highest BCUT2D eigenvalue weighted by Gasteiger charge is 2.34. The van der Waals surface area contributed by atoms with E-state index in [9.17, 15) is 14.3 Å². The number of rotatable bonds is 1. The van der Waals surface area contributed by atoms with E-state index in [1.807, 2.05) is 20.8 Å². The van der Waals surface area contributed by atoms with Gasteiger partial charge in [0.15, 0.2) is 0 Å². The Morgan fingerprint density at radius 2 is 1.95 bits per heavy atom. The summed E-state index contributed by atoms with van der Waals surface area (Å²) in [6.45, 7) is 5.88. The topological polar surface area (TPSA) is 49.8 Å². The molecule has 116 valence electrons. The Morgan fingerprint density at radius 1 is 1.33 bits per heavy atom. The summed E-state index contributed by atoms with van der Waals surface area (Å²) in [7, 11) is 0. The number of hydrogen-bond acceptors (Lipinski definition) is 3. The molecule has 0 bridgehead atoms. The molecule has 0 spiro atoms. The molecule has 1 N–H and O–H groups in total. The Labute approximate surface area is 124 Å². The summed E-state index contributed by atoms with van der Waals surface area (Å²) in [5.41, 5.74) is 0.238. The maximum atomic E-state index is 13.1. The number of hydrogen-bond donors (Lipinski definition) is 1. The summed E-state index contributed by atoms with van der Waals surface area (Å²) in [6.07, 6.45) is 0.101. The normalized spacial score (nSPS) is 23.0. The van der Waals surface area contributed by atoms with Crippen LogP contribution in [0.25, 0.3) is 0 Å². The van der Waals surface area contributed by atoms with Crippen LogP contribution in [0.2, 0.25) is 0 Å². The van der Waals surface area contributed by atoms with Gasteiger partial charge >= 0.3 is 6.09 Å². The lowest BCUT2D eigenvalue weighted by Gasteiger charge is -2.38. The molecule has 1 aliphatic heterocycles. The molecule has 21 heavy (non-hydrogen) atoms. The fourth-order valence-corrected chi connectivity index (χ4v) is 2.49. The number of likely N-dealkylation sites (tertiary alicyclic amines) is 1. The molecule has 0 aliphatic carbocycles. The second-order valence-corrected chi connectivity index (χ2v) is 6.42. The summed E-state index contributed by atoms with van der Waals surface area (Å²) in [6, 6.07) is 5.74. The molecule has 1 saturated heterocycles. The molecule has 1 aromatic rings. The number of carbonyl (C=O) groups is 1. The van der Waals surface area contributed by atoms with Crippen molar-refractivity contribution in [1.29, 1.82) is 0 Å². The van der Waals surface area contributed by atoms with Crippen molar-refractivity contribution in [3.05, 3.63) is 35.6 Å². The first-order valence-electron chi connectivity index (χ1n) is 7.19. The third-order valence-corrected chi connectivity index (χ3v) is 3.46. The number of aliphatic hydroxyl groups is 1. The molecule has 1 heterocycles. The Hall–Kier alpha value is -1.62. The van der Waals surface area contributed by atoms with Crippen molar-refractivity contribution in [3.63, 3.8) is 0 Å². The van der Waals surface area contributed by atoms with Crippen molar-refractivity contribution in [2.24, 2.45) is 0 Å². The van der Waals surface area contributed by atoms with Crippen LogP contribution in [0.3, 0.4) is 0 Å². The van der Waals surface area contributed by atoms with Gasteiger partial charge in [0, 0.05) is 6.54 Å². The standard InChI is InChI=1S/C16H22FNO3/c1-16(2,3)21-15(20)18-9-8-13(19)10-14(18)11-4-6-12(17)7-5-11/h4-7,13-14,19H,8-10H2,1-3H3/t13?,14-/m1/s1. The number of benzene rings is 1. The lowest BCUT2D eigenvalue weighted by atomic mass is 9.94. The molecule has 0 aromatic heterocycles. The van der Waals surface area contributed by atoms with Crippen LogP contribution in [0.1, 0.15) is 45.2 Å². The third-order valence-electron chi connectivity index (χ3n) is 3.46. The van der Waals surface area contributed by atoms with Crippen LogP contribution in [0, 0.1) is 5.82 Å². The highest BCUT2D eigenvalue weighted by Crippen LogP contribution is 2.32. The van der Waals surface area contributed by atoms with Crippen molar-refractivity contribution in [3.8, 4) is 0 Å². The van der Waals surface area contributed by atoms with Crippen molar-refractivity contribution < 1.29 is 19.0 Å². The first-order valence-corrected chi connectivity index (χ1v) is 7.19. The van der Waals surface area contributed by atoms with Gasteiger partial charge in [-0.2, -0.15) is 0 Å². The fraction of sp³-hybridized carbons (Fsp3) is 0.562. The Morgan fingerprint density at radius 3 is 2.52 bits per heavy atom. The van der Waals surface area contributed by atoms with Gasteiger partial charge < -0.3 is 14.7 Å². The summed E-state index contributed by atoms with van der Waals surface area (Å²) in [4.78, 5) is 13.9. The number of carbonyl (C=O) groups excluding carboxylic acids is 1. The molecular weight excluding hydrogens is 273 g/mol. The monoisotopic (exact) mass is 295 g/mol. The smallest absolute Gasteiger partial charge is 0.410 e.